The van der Waals surface area contributed by atoms with Crippen LogP contribution in [0.2, 0.25) is 0 Å². The van der Waals surface area contributed by atoms with Crippen LogP contribution < -0.4 is 0 Å². The number of rotatable bonds is 1. The van der Waals surface area contributed by atoms with Crippen LogP contribution in [-0.4, -0.2) is 10.7 Å². The van der Waals surface area contributed by atoms with E-state index >= 15 is 0 Å². The Labute approximate surface area is 88.4 Å². The van der Waals surface area contributed by atoms with Gasteiger partial charge in [-0.3, -0.25) is 4.98 Å². The highest BCUT2D eigenvalue weighted by atomic mass is 32.2. The first-order valence-corrected chi connectivity index (χ1v) is 5.91. The normalized spacial score (nSPS) is 21.5. The Morgan fingerprint density at radius 2 is 2.36 bits per heavy atom. The largest absolute Gasteiger partial charge is 0.263 e. The first-order chi connectivity index (χ1) is 6.90. The number of hydrogen-bond donors (Lipinski definition) is 0. The smallest absolute Gasteiger partial charge is 0.101 e. The average molecular weight is 204 g/mol. The van der Waals surface area contributed by atoms with Crippen LogP contribution in [0.25, 0.3) is 0 Å². The summed E-state index contributed by atoms with van der Waals surface area (Å²) in [6.45, 7) is 0. The fourth-order valence-electron chi connectivity index (χ4n) is 1.70. The van der Waals surface area contributed by atoms with Crippen molar-refractivity contribution in [2.75, 3.05) is 5.75 Å². The SMILES string of the molecule is N#Cc1cncc(C2CCCCS2)c1. The number of nitriles is 1. The molecular formula is C11H12N2S. The summed E-state index contributed by atoms with van der Waals surface area (Å²) in [5, 5.41) is 9.32. The van der Waals surface area contributed by atoms with E-state index in [1.54, 1.807) is 6.20 Å². The lowest BCUT2D eigenvalue weighted by atomic mass is 10.1. The number of nitrogens with zero attached hydrogens (tertiary/aromatic N) is 2. The lowest BCUT2D eigenvalue weighted by molar-refractivity contribution is 0.684. The van der Waals surface area contributed by atoms with E-state index in [9.17, 15) is 0 Å². The van der Waals surface area contributed by atoms with Gasteiger partial charge in [-0.25, -0.2) is 0 Å². The minimum Gasteiger partial charge on any atom is -0.263 e. The van der Waals surface area contributed by atoms with Gasteiger partial charge in [-0.05, 0) is 30.2 Å². The van der Waals surface area contributed by atoms with Crippen LogP contribution in [0.5, 0.6) is 0 Å². The van der Waals surface area contributed by atoms with Gasteiger partial charge in [0, 0.05) is 17.6 Å². The second kappa shape index (κ2) is 4.47. The quantitative estimate of drug-likeness (QED) is 0.705. The fraction of sp³-hybridized carbons (Fsp3) is 0.455. The molecule has 1 aromatic heterocycles. The van der Waals surface area contributed by atoms with Crippen molar-refractivity contribution < 1.29 is 0 Å². The van der Waals surface area contributed by atoms with Crippen LogP contribution in [0.1, 0.15) is 35.6 Å². The van der Waals surface area contributed by atoms with Crippen LogP contribution in [0.4, 0.5) is 0 Å². The predicted molar refractivity (Wildman–Crippen MR) is 58.0 cm³/mol. The Morgan fingerprint density at radius 3 is 3.07 bits per heavy atom. The third kappa shape index (κ3) is 2.08. The van der Waals surface area contributed by atoms with Crippen molar-refractivity contribution >= 4 is 11.8 Å². The molecule has 0 radical (unpaired) electrons. The summed E-state index contributed by atoms with van der Waals surface area (Å²) in [6.07, 6.45) is 7.36. The van der Waals surface area contributed by atoms with Crippen molar-refractivity contribution in [3.8, 4) is 6.07 Å². The van der Waals surface area contributed by atoms with Crippen LogP contribution in [-0.2, 0) is 0 Å². The molecule has 0 aromatic carbocycles. The molecular weight excluding hydrogens is 192 g/mol. The molecule has 1 aliphatic heterocycles. The molecule has 2 heterocycles. The molecule has 1 aliphatic rings. The monoisotopic (exact) mass is 204 g/mol. The number of thioether (sulfide) groups is 1. The minimum atomic E-state index is 0.560. The molecule has 1 unspecified atom stereocenters. The highest BCUT2D eigenvalue weighted by Crippen LogP contribution is 2.37. The first-order valence-electron chi connectivity index (χ1n) is 4.87. The van der Waals surface area contributed by atoms with E-state index in [2.05, 4.69) is 11.1 Å². The number of hydrogen-bond acceptors (Lipinski definition) is 3. The van der Waals surface area contributed by atoms with E-state index in [4.69, 9.17) is 5.26 Å². The zero-order chi connectivity index (χ0) is 9.80. The fourth-order valence-corrected chi connectivity index (χ4v) is 3.01. The molecule has 0 amide bonds. The van der Waals surface area contributed by atoms with Gasteiger partial charge in [0.25, 0.3) is 0 Å². The van der Waals surface area contributed by atoms with Gasteiger partial charge < -0.3 is 0 Å². The summed E-state index contributed by atoms with van der Waals surface area (Å²) >= 11 is 1.99. The minimum absolute atomic E-state index is 0.560. The molecule has 0 bridgehead atoms. The summed E-state index contributed by atoms with van der Waals surface area (Å²) in [4.78, 5) is 4.09. The summed E-state index contributed by atoms with van der Waals surface area (Å²) in [6, 6.07) is 4.10. The number of pyridine rings is 1. The van der Waals surface area contributed by atoms with Crippen molar-refractivity contribution in [1.29, 1.82) is 5.26 Å². The summed E-state index contributed by atoms with van der Waals surface area (Å²) in [5.74, 6) is 1.24. The molecule has 2 rings (SSSR count). The maximum absolute atomic E-state index is 8.76. The first kappa shape index (κ1) is 9.54. The second-order valence-corrected chi connectivity index (χ2v) is 4.78. The maximum Gasteiger partial charge on any atom is 0.101 e. The topological polar surface area (TPSA) is 36.7 Å². The van der Waals surface area contributed by atoms with E-state index in [1.165, 1.54) is 30.6 Å². The zero-order valence-corrected chi connectivity index (χ0v) is 8.76. The Balaban J connectivity index is 2.18. The van der Waals surface area contributed by atoms with Crippen molar-refractivity contribution in [2.45, 2.75) is 24.5 Å². The van der Waals surface area contributed by atoms with Crippen LogP contribution in [0, 0.1) is 11.3 Å². The van der Waals surface area contributed by atoms with Crippen LogP contribution in [0.15, 0.2) is 18.5 Å². The molecule has 0 spiro atoms. The average Bonchev–Trinajstić information content (AvgIpc) is 2.30. The van der Waals surface area contributed by atoms with E-state index in [0.29, 0.717) is 10.8 Å². The lowest BCUT2D eigenvalue weighted by Crippen LogP contribution is -2.02. The molecule has 0 N–H and O–H groups in total. The second-order valence-electron chi connectivity index (χ2n) is 3.47. The Bertz CT molecular complexity index is 351. The standard InChI is InChI=1S/C11H12N2S/c12-6-9-5-10(8-13-7-9)11-3-1-2-4-14-11/h5,7-8,11H,1-4H2. The van der Waals surface area contributed by atoms with Crippen molar-refractivity contribution in [3.63, 3.8) is 0 Å². The van der Waals surface area contributed by atoms with Crippen molar-refractivity contribution in [2.24, 2.45) is 0 Å². The maximum atomic E-state index is 8.76. The molecule has 1 atom stereocenters. The van der Waals surface area contributed by atoms with Crippen LogP contribution in [0.3, 0.4) is 0 Å². The molecule has 0 aliphatic carbocycles. The highest BCUT2D eigenvalue weighted by molar-refractivity contribution is 7.99. The van der Waals surface area contributed by atoms with Gasteiger partial charge in [0.05, 0.1) is 5.56 Å². The lowest BCUT2D eigenvalue weighted by Gasteiger charge is -2.21. The van der Waals surface area contributed by atoms with Gasteiger partial charge in [-0.2, -0.15) is 17.0 Å². The highest BCUT2D eigenvalue weighted by Gasteiger charge is 2.16. The van der Waals surface area contributed by atoms with Gasteiger partial charge in [0.15, 0.2) is 0 Å². The van der Waals surface area contributed by atoms with Gasteiger partial charge in [-0.15, -0.1) is 0 Å². The Hall–Kier alpha value is -1.01. The Morgan fingerprint density at radius 1 is 1.43 bits per heavy atom. The van der Waals surface area contributed by atoms with Gasteiger partial charge in [0.1, 0.15) is 6.07 Å². The molecule has 1 aromatic rings. The summed E-state index contributed by atoms with van der Waals surface area (Å²) < 4.78 is 0. The third-order valence-corrected chi connectivity index (χ3v) is 3.87. The molecule has 0 saturated carbocycles. The molecule has 14 heavy (non-hydrogen) atoms. The van der Waals surface area contributed by atoms with E-state index in [0.717, 1.165) is 0 Å². The van der Waals surface area contributed by atoms with E-state index in [1.807, 2.05) is 24.0 Å². The van der Waals surface area contributed by atoms with Gasteiger partial charge in [0.2, 0.25) is 0 Å². The molecule has 3 heteroatoms. The molecule has 72 valence electrons. The van der Waals surface area contributed by atoms with Crippen molar-refractivity contribution in [3.05, 3.63) is 29.6 Å². The van der Waals surface area contributed by atoms with Crippen LogP contribution >= 0.6 is 11.8 Å². The van der Waals surface area contributed by atoms with Gasteiger partial charge >= 0.3 is 0 Å². The molecule has 2 nitrogen and oxygen atoms in total. The number of aromatic nitrogens is 1. The summed E-state index contributed by atoms with van der Waals surface area (Å²) in [7, 11) is 0. The van der Waals surface area contributed by atoms with E-state index < -0.39 is 0 Å². The molecule has 1 fully saturated rings. The van der Waals surface area contributed by atoms with E-state index in [-0.39, 0.29) is 0 Å². The molecule has 1 saturated heterocycles. The summed E-state index contributed by atoms with van der Waals surface area (Å²) in [5.41, 5.74) is 1.89. The zero-order valence-electron chi connectivity index (χ0n) is 7.94. The third-order valence-electron chi connectivity index (χ3n) is 2.44. The van der Waals surface area contributed by atoms with Gasteiger partial charge in [-0.1, -0.05) is 6.42 Å². The van der Waals surface area contributed by atoms with Crippen molar-refractivity contribution in [1.82, 2.24) is 4.98 Å². The predicted octanol–water partition coefficient (Wildman–Crippen LogP) is 2.91. The Kier molecular flexibility index (Phi) is 3.05.